The maximum Gasteiger partial charge on any atom is 0.295 e. The number of carbonyl (C=O) groups is 2. The number of anilines is 1. The van der Waals surface area contributed by atoms with Gasteiger partial charge in [0.25, 0.3) is 16.0 Å². The minimum atomic E-state index is -4.28. The van der Waals surface area contributed by atoms with E-state index < -0.39 is 10.1 Å². The lowest BCUT2D eigenvalue weighted by Crippen LogP contribution is -2.34. The molecule has 0 spiro atoms. The Morgan fingerprint density at radius 1 is 1.15 bits per heavy atom. The van der Waals surface area contributed by atoms with E-state index in [1.54, 1.807) is 12.1 Å². The van der Waals surface area contributed by atoms with Crippen molar-refractivity contribution in [1.82, 2.24) is 10.3 Å². The Hall–Kier alpha value is -4.59. The third-order valence-electron chi connectivity index (χ3n) is 7.77. The second-order valence-corrected chi connectivity index (χ2v) is 13.2. The van der Waals surface area contributed by atoms with E-state index in [0.717, 1.165) is 62.0 Å². The quantitative estimate of drug-likeness (QED) is 0.0397. The summed E-state index contributed by atoms with van der Waals surface area (Å²) in [6.45, 7) is 9.49. The van der Waals surface area contributed by atoms with Crippen LogP contribution in [0.15, 0.2) is 77.4 Å². The lowest BCUT2D eigenvalue weighted by Gasteiger charge is -2.25. The first-order valence-corrected chi connectivity index (χ1v) is 16.8. The molecule has 1 aliphatic rings. The highest BCUT2D eigenvalue weighted by atomic mass is 32.2. The maximum absolute atomic E-state index is 12.4. The number of allylic oxidation sites excluding steroid dienone is 1. The van der Waals surface area contributed by atoms with Crippen LogP contribution in [0.1, 0.15) is 83.4 Å². The van der Waals surface area contributed by atoms with Crippen LogP contribution in [-0.4, -0.2) is 49.0 Å². The van der Waals surface area contributed by atoms with Crippen LogP contribution in [0.5, 0.6) is 5.75 Å². The number of nitrogens with two attached hydrogens (primary N) is 2. The SMILES string of the molecule is C=CCc1c(OCCCCC(C)(C)CNC(=O)c2ccc(NN)nc2)ccc2c1CCCC2=NN.O=Cc1ccccc1S(=O)(=O)O. The zero-order valence-electron chi connectivity index (χ0n) is 26.9. The van der Waals surface area contributed by atoms with Crippen LogP contribution in [0.2, 0.25) is 0 Å². The van der Waals surface area contributed by atoms with Crippen LogP contribution in [0.25, 0.3) is 0 Å². The van der Waals surface area contributed by atoms with Crippen molar-refractivity contribution >= 4 is 33.8 Å². The minimum Gasteiger partial charge on any atom is -0.493 e. The first kappa shape index (κ1) is 36.9. The summed E-state index contributed by atoms with van der Waals surface area (Å²) in [6, 6.07) is 12.9. The van der Waals surface area contributed by atoms with Gasteiger partial charge in [-0.2, -0.15) is 13.5 Å². The fourth-order valence-electron chi connectivity index (χ4n) is 5.26. The summed E-state index contributed by atoms with van der Waals surface area (Å²) in [7, 11) is -4.28. The van der Waals surface area contributed by atoms with Crippen LogP contribution in [0, 0.1) is 5.41 Å². The Bertz CT molecular complexity index is 1670. The Kier molecular flexibility index (Phi) is 13.6. The van der Waals surface area contributed by atoms with Crippen molar-refractivity contribution in [3.05, 3.63) is 95.2 Å². The standard InChI is InChI=1S/C27H38N6O2.C7H6O4S/c1-4-8-22-20-9-7-10-23(32-28)21(20)12-13-24(22)35-16-6-5-15-27(2,3)18-31-26(34)19-11-14-25(33-29)30-17-19;8-5-6-3-1-2-4-7(6)12(9,10)11/h4,11-14,17H,1,5-10,15-16,18,28-29H2,2-3H3,(H,30,33)(H,31,34);1-5H,(H,9,10,11). The van der Waals surface area contributed by atoms with Gasteiger partial charge in [0, 0.05) is 29.4 Å². The van der Waals surface area contributed by atoms with E-state index in [0.29, 0.717) is 30.8 Å². The topological polar surface area (TPSA) is 199 Å². The molecule has 0 bridgehead atoms. The van der Waals surface area contributed by atoms with E-state index in [2.05, 4.69) is 47.3 Å². The zero-order chi connectivity index (χ0) is 34.5. The molecule has 2 aromatic carbocycles. The van der Waals surface area contributed by atoms with Crippen LogP contribution in [-0.2, 0) is 23.0 Å². The average molecular weight is 665 g/mol. The summed E-state index contributed by atoms with van der Waals surface area (Å²) in [5.41, 5.74) is 7.50. The molecule has 252 valence electrons. The number of nitrogen functional groups attached to an aromatic ring is 1. The maximum atomic E-state index is 12.4. The predicted molar refractivity (Wildman–Crippen MR) is 183 cm³/mol. The molecule has 13 heteroatoms. The second-order valence-electron chi connectivity index (χ2n) is 11.9. The van der Waals surface area contributed by atoms with E-state index in [1.165, 1.54) is 41.6 Å². The summed E-state index contributed by atoms with van der Waals surface area (Å²) >= 11 is 0. The smallest absolute Gasteiger partial charge is 0.295 e. The van der Waals surface area contributed by atoms with Crippen molar-refractivity contribution in [1.29, 1.82) is 0 Å². The Morgan fingerprint density at radius 3 is 2.53 bits per heavy atom. The number of ether oxygens (including phenoxy) is 1. The average Bonchev–Trinajstić information content (AvgIpc) is 3.07. The summed E-state index contributed by atoms with van der Waals surface area (Å²) in [5, 5.41) is 7.01. The lowest BCUT2D eigenvalue weighted by atomic mass is 9.85. The molecule has 47 heavy (non-hydrogen) atoms. The van der Waals surface area contributed by atoms with Crippen molar-refractivity contribution in [2.75, 3.05) is 18.6 Å². The molecular weight excluding hydrogens is 620 g/mol. The molecule has 0 aliphatic heterocycles. The van der Waals surface area contributed by atoms with Gasteiger partial charge in [-0.15, -0.1) is 6.58 Å². The molecule has 0 saturated carbocycles. The van der Waals surface area contributed by atoms with E-state index in [1.807, 2.05) is 12.1 Å². The third kappa shape index (κ3) is 10.7. The van der Waals surface area contributed by atoms with Crippen LogP contribution < -0.4 is 27.2 Å². The summed E-state index contributed by atoms with van der Waals surface area (Å²) in [4.78, 5) is 26.4. The van der Waals surface area contributed by atoms with Gasteiger partial charge in [0.2, 0.25) is 0 Å². The highest BCUT2D eigenvalue weighted by Crippen LogP contribution is 2.32. The number of pyridine rings is 1. The molecule has 0 saturated heterocycles. The number of carbonyl (C=O) groups excluding carboxylic acids is 2. The number of aromatic nitrogens is 1. The van der Waals surface area contributed by atoms with Gasteiger partial charge in [-0.3, -0.25) is 14.1 Å². The normalized spacial score (nSPS) is 13.5. The number of fused-ring (bicyclic) bond motifs is 1. The molecule has 0 atom stereocenters. The largest absolute Gasteiger partial charge is 0.493 e. The number of nitrogens with one attached hydrogen (secondary N) is 2. The van der Waals surface area contributed by atoms with Gasteiger partial charge in [0.15, 0.2) is 6.29 Å². The van der Waals surface area contributed by atoms with E-state index in [-0.39, 0.29) is 21.8 Å². The Labute approximate surface area is 276 Å². The lowest BCUT2D eigenvalue weighted by molar-refractivity contribution is 0.0933. The van der Waals surface area contributed by atoms with Gasteiger partial charge >= 0.3 is 0 Å². The zero-order valence-corrected chi connectivity index (χ0v) is 27.7. The van der Waals surface area contributed by atoms with Gasteiger partial charge < -0.3 is 21.3 Å². The van der Waals surface area contributed by atoms with Gasteiger partial charge in [-0.25, -0.2) is 10.8 Å². The highest BCUT2D eigenvalue weighted by Gasteiger charge is 2.22. The fraction of sp³-hybridized carbons (Fsp3) is 0.353. The number of hydrogen-bond donors (Lipinski definition) is 5. The van der Waals surface area contributed by atoms with Crippen LogP contribution in [0.3, 0.4) is 0 Å². The van der Waals surface area contributed by atoms with Crippen molar-refractivity contribution in [3.63, 3.8) is 0 Å². The molecule has 1 amide bonds. The number of aldehydes is 1. The molecule has 1 aliphatic carbocycles. The Balaban J connectivity index is 0.000000420. The Morgan fingerprint density at radius 2 is 1.91 bits per heavy atom. The van der Waals surface area contributed by atoms with E-state index in [4.69, 9.17) is 21.0 Å². The molecule has 12 nitrogen and oxygen atoms in total. The van der Waals surface area contributed by atoms with Crippen LogP contribution in [0.4, 0.5) is 5.82 Å². The molecule has 0 radical (unpaired) electrons. The molecule has 0 fully saturated rings. The highest BCUT2D eigenvalue weighted by molar-refractivity contribution is 7.86. The number of amides is 1. The number of hydrazone groups is 1. The van der Waals surface area contributed by atoms with Crippen molar-refractivity contribution < 1.29 is 27.3 Å². The predicted octanol–water partition coefficient (Wildman–Crippen LogP) is 4.85. The number of hydrogen-bond acceptors (Lipinski definition) is 10. The van der Waals surface area contributed by atoms with Gasteiger partial charge in [0.1, 0.15) is 16.5 Å². The number of unbranched alkanes of at least 4 members (excludes halogenated alkanes) is 1. The molecule has 3 aromatic rings. The fourth-order valence-corrected chi connectivity index (χ4v) is 5.92. The number of benzene rings is 2. The second kappa shape index (κ2) is 17.4. The molecular formula is C34H44N6O6S. The molecule has 4 rings (SSSR count). The molecule has 1 heterocycles. The van der Waals surface area contributed by atoms with Crippen molar-refractivity contribution in [2.24, 2.45) is 22.2 Å². The van der Waals surface area contributed by atoms with Crippen molar-refractivity contribution in [3.8, 4) is 5.75 Å². The van der Waals surface area contributed by atoms with E-state index in [9.17, 15) is 18.0 Å². The summed E-state index contributed by atoms with van der Waals surface area (Å²) in [6.07, 6.45) is 10.5. The van der Waals surface area contributed by atoms with Crippen molar-refractivity contribution in [2.45, 2.75) is 63.7 Å². The number of hydrazine groups is 1. The first-order valence-electron chi connectivity index (χ1n) is 15.3. The molecule has 1 aromatic heterocycles. The first-order chi connectivity index (χ1) is 22.4. The number of nitrogens with zero attached hydrogens (tertiary/aromatic N) is 2. The van der Waals surface area contributed by atoms with Gasteiger partial charge in [-0.1, -0.05) is 38.1 Å². The number of rotatable bonds is 14. The third-order valence-corrected chi connectivity index (χ3v) is 8.70. The van der Waals surface area contributed by atoms with Gasteiger partial charge in [0.05, 0.1) is 17.9 Å². The van der Waals surface area contributed by atoms with Gasteiger partial charge in [-0.05, 0) is 86.3 Å². The minimum absolute atomic E-state index is 0.0282. The van der Waals surface area contributed by atoms with E-state index >= 15 is 0 Å². The monoisotopic (exact) mass is 664 g/mol. The summed E-state index contributed by atoms with van der Waals surface area (Å²) in [5.74, 6) is 12.2. The van der Waals surface area contributed by atoms with Crippen LogP contribution >= 0.6 is 0 Å². The molecule has 0 unspecified atom stereocenters. The summed E-state index contributed by atoms with van der Waals surface area (Å²) < 4.78 is 36.0. The molecule has 7 N–H and O–H groups in total.